The van der Waals surface area contributed by atoms with Gasteiger partial charge in [-0.3, -0.25) is 9.59 Å². The molecule has 4 saturated carbocycles. The molecule has 500 valence electrons. The second-order valence-corrected chi connectivity index (χ2v) is 28.5. The van der Waals surface area contributed by atoms with E-state index in [1.54, 1.807) is 6.92 Å². The Morgan fingerprint density at radius 1 is 0.632 bits per heavy atom. The maximum atomic E-state index is 13.6. The van der Waals surface area contributed by atoms with E-state index >= 15 is 0 Å². The van der Waals surface area contributed by atoms with Gasteiger partial charge in [-0.2, -0.15) is 0 Å². The van der Waals surface area contributed by atoms with Gasteiger partial charge in [0.1, 0.15) is 97.7 Å². The fourth-order valence-corrected chi connectivity index (χ4v) is 17.5. The van der Waals surface area contributed by atoms with Crippen LogP contribution in [0.4, 0.5) is 0 Å². The number of carbonyl (C=O) groups is 2. The molecule has 0 aromatic rings. The minimum Gasteiger partial charge on any atom is -0.458 e. The Bertz CT molecular complexity index is 2430. The highest BCUT2D eigenvalue weighted by Crippen LogP contribution is 2.76. The van der Waals surface area contributed by atoms with Crippen LogP contribution in [-0.2, 0) is 57.0 Å². The van der Waals surface area contributed by atoms with E-state index in [0.29, 0.717) is 44.9 Å². The van der Waals surface area contributed by atoms with E-state index in [2.05, 4.69) is 19.9 Å². The summed E-state index contributed by atoms with van der Waals surface area (Å²) in [7, 11) is 0. The molecule has 32 atom stereocenters. The quantitative estimate of drug-likeness (QED) is 0.0420. The fourth-order valence-electron chi connectivity index (χ4n) is 17.5. The Hall–Kier alpha value is -2.24. The van der Waals surface area contributed by atoms with Gasteiger partial charge >= 0.3 is 11.9 Å². The summed E-state index contributed by atoms with van der Waals surface area (Å²) in [6.07, 6.45) is -34.8. The molecule has 27 heteroatoms. The van der Waals surface area contributed by atoms with Gasteiger partial charge in [-0.25, -0.2) is 0 Å². The van der Waals surface area contributed by atoms with Gasteiger partial charge in [0.2, 0.25) is 0 Å². The molecule has 0 amide bonds. The Kier molecular flexibility index (Phi) is 20.3. The zero-order valence-electron chi connectivity index (χ0n) is 51.3. The number of hydrogen-bond donors (Lipinski definition) is 15. The average molecular weight is 1250 g/mol. The van der Waals surface area contributed by atoms with Gasteiger partial charge in [-0.15, -0.1) is 0 Å². The van der Waals surface area contributed by atoms with E-state index in [4.69, 9.17) is 47.4 Å². The van der Waals surface area contributed by atoms with Crippen LogP contribution in [0.1, 0.15) is 114 Å². The molecular formula is C60H98O27. The Morgan fingerprint density at radius 3 is 1.77 bits per heavy atom. The summed E-state index contributed by atoms with van der Waals surface area (Å²) in [6, 6.07) is 0. The highest BCUT2D eigenvalue weighted by Gasteiger charge is 2.76. The third-order valence-electron chi connectivity index (χ3n) is 23.0. The zero-order valence-corrected chi connectivity index (χ0v) is 51.3. The van der Waals surface area contributed by atoms with Crippen LogP contribution in [0.25, 0.3) is 0 Å². The Morgan fingerprint density at radius 2 is 1.21 bits per heavy atom. The minimum absolute atomic E-state index is 0.153. The predicted molar refractivity (Wildman–Crippen MR) is 295 cm³/mol. The molecule has 0 bridgehead atoms. The molecule has 8 fully saturated rings. The summed E-state index contributed by atoms with van der Waals surface area (Å²) in [6.45, 7) is 15.5. The molecule has 27 nitrogen and oxygen atoms in total. The standard InChI is InChI=1S/C60H98O27/c1-11-24(2)50(77)87-48-49(80-25(3)64)60(23-63)27(18-55(48,4)5)26-12-13-33-57(8)16-15-34(56(6,7)32(57)14-17-58(33,9)59(26,10)46(75)47(60)76)84-54-45(86-53-42(73)39(70)37(68)30(20-62)82-53)43(74)44(85-52-41(72)38(69)36(67)29(19-61)81-52)31(83-54)22-79-51-40(71)35(66)28(65)21-78-51/h12,24,27-49,51-54,61-63,65-76H,11,13-23H2,1-10H3. The van der Waals surface area contributed by atoms with Crippen LogP contribution in [0.3, 0.4) is 0 Å². The minimum atomic E-state index is -2.02. The largest absolute Gasteiger partial charge is 0.458 e. The van der Waals surface area contributed by atoms with Crippen LogP contribution in [0, 0.1) is 56.2 Å². The maximum absolute atomic E-state index is 13.6. The molecule has 4 heterocycles. The first kappa shape index (κ1) is 69.1. The molecule has 4 saturated heterocycles. The van der Waals surface area contributed by atoms with Crippen molar-refractivity contribution in [2.24, 2.45) is 56.2 Å². The summed E-state index contributed by atoms with van der Waals surface area (Å²) in [5.74, 6) is -2.67. The van der Waals surface area contributed by atoms with Crippen molar-refractivity contribution in [1.29, 1.82) is 0 Å². The molecule has 87 heavy (non-hydrogen) atoms. The second kappa shape index (κ2) is 25.6. The zero-order chi connectivity index (χ0) is 64.2. The van der Waals surface area contributed by atoms with Crippen molar-refractivity contribution < 1.29 is 134 Å². The number of carbonyl (C=O) groups excluding carboxylic acids is 2. The maximum Gasteiger partial charge on any atom is 0.309 e. The van der Waals surface area contributed by atoms with Crippen LogP contribution in [-0.4, -0.2) is 269 Å². The number of aliphatic hydroxyl groups excluding tert-OH is 15. The predicted octanol–water partition coefficient (Wildman–Crippen LogP) is -2.87. The first-order valence-electron chi connectivity index (χ1n) is 30.9. The number of fused-ring (bicyclic) bond motifs is 7. The molecule has 9 aliphatic rings. The van der Waals surface area contributed by atoms with E-state index in [1.807, 2.05) is 41.5 Å². The van der Waals surface area contributed by atoms with Gasteiger partial charge in [0.25, 0.3) is 0 Å². The van der Waals surface area contributed by atoms with Crippen molar-refractivity contribution in [2.75, 3.05) is 33.0 Å². The molecule has 4 aliphatic heterocycles. The third kappa shape index (κ3) is 11.4. The summed E-state index contributed by atoms with van der Waals surface area (Å²) in [5.41, 5.74) is -4.86. The molecular weight excluding hydrogens is 1150 g/mol. The monoisotopic (exact) mass is 1250 g/mol. The molecule has 9 rings (SSSR count). The van der Waals surface area contributed by atoms with Gasteiger partial charge in [0, 0.05) is 17.8 Å². The molecule has 0 aromatic carbocycles. The highest BCUT2D eigenvalue weighted by molar-refractivity contribution is 5.72. The summed E-state index contributed by atoms with van der Waals surface area (Å²) < 4.78 is 61.4. The fraction of sp³-hybridized carbons (Fsp3) is 0.933. The van der Waals surface area contributed by atoms with Crippen molar-refractivity contribution in [3.8, 4) is 0 Å². The number of rotatable bonds is 16. The molecule has 5 aliphatic carbocycles. The van der Waals surface area contributed by atoms with E-state index in [0.717, 1.165) is 5.57 Å². The lowest BCUT2D eigenvalue weighted by atomic mass is 9.32. The van der Waals surface area contributed by atoms with E-state index < -0.39 is 237 Å². The van der Waals surface area contributed by atoms with Crippen LogP contribution < -0.4 is 0 Å². The number of esters is 2. The molecule has 0 spiro atoms. The van der Waals surface area contributed by atoms with Gasteiger partial charge in [-0.05, 0) is 78.9 Å². The van der Waals surface area contributed by atoms with E-state index in [1.165, 1.54) is 6.92 Å². The van der Waals surface area contributed by atoms with E-state index in [9.17, 15) is 86.2 Å². The number of aliphatic hydroxyl groups is 15. The number of ether oxygens (including phenoxy) is 10. The first-order valence-corrected chi connectivity index (χ1v) is 30.9. The Labute approximate surface area is 506 Å². The van der Waals surface area contributed by atoms with Gasteiger partial charge in [-0.1, -0.05) is 74.0 Å². The van der Waals surface area contributed by atoms with Gasteiger partial charge in [0.15, 0.2) is 31.3 Å². The normalized spacial score (nSPS) is 51.6. The molecule has 0 aromatic heterocycles. The van der Waals surface area contributed by atoms with Crippen LogP contribution in [0.5, 0.6) is 0 Å². The van der Waals surface area contributed by atoms with Crippen molar-refractivity contribution in [1.82, 2.24) is 0 Å². The van der Waals surface area contributed by atoms with Crippen LogP contribution in [0.2, 0.25) is 0 Å². The lowest BCUT2D eigenvalue weighted by molar-refractivity contribution is -0.398. The first-order chi connectivity index (χ1) is 40.7. The lowest BCUT2D eigenvalue weighted by Crippen LogP contribution is -2.76. The number of allylic oxidation sites excluding steroid dienone is 1. The summed E-state index contributed by atoms with van der Waals surface area (Å²) >= 11 is 0. The highest BCUT2D eigenvalue weighted by atomic mass is 16.8. The second-order valence-electron chi connectivity index (χ2n) is 28.5. The summed E-state index contributed by atoms with van der Waals surface area (Å²) in [4.78, 5) is 26.6. The smallest absolute Gasteiger partial charge is 0.309 e. The SMILES string of the molecule is CCC(C)C(=O)OC1C(OC(C)=O)C2(CO)C(CC1(C)C)C1=CCC3C4(C)CCC(OC5OC(COC6OCC(O)C(O)C6O)C(OC6OC(CO)C(O)C(O)C6O)C(O)C5OC5OC(CO)C(O)C(O)C5O)C(C)(C)C4CCC3(C)C1(C)C(O)C2O. The van der Waals surface area contributed by atoms with Gasteiger partial charge in [0.05, 0.1) is 62.7 Å². The van der Waals surface area contributed by atoms with Crippen LogP contribution in [0.15, 0.2) is 11.6 Å². The molecule has 15 N–H and O–H groups in total. The van der Waals surface area contributed by atoms with Gasteiger partial charge < -0.3 is 124 Å². The molecule has 32 unspecified atom stereocenters. The summed E-state index contributed by atoms with van der Waals surface area (Å²) in [5, 5.41) is 168. The molecule has 0 radical (unpaired) electrons. The van der Waals surface area contributed by atoms with E-state index in [-0.39, 0.29) is 11.8 Å². The lowest BCUT2D eigenvalue weighted by Gasteiger charge is -2.73. The number of hydrogen-bond acceptors (Lipinski definition) is 27. The van der Waals surface area contributed by atoms with Crippen molar-refractivity contribution in [2.45, 2.75) is 261 Å². The van der Waals surface area contributed by atoms with Crippen molar-refractivity contribution in [3.05, 3.63) is 11.6 Å². The Balaban J connectivity index is 1.05. The van der Waals surface area contributed by atoms with Crippen LogP contribution >= 0.6 is 0 Å². The topological polar surface area (TPSA) is 430 Å². The van der Waals surface area contributed by atoms with Crippen molar-refractivity contribution >= 4 is 11.9 Å². The average Bonchev–Trinajstić information content (AvgIpc) is 0.668. The van der Waals surface area contributed by atoms with Crippen molar-refractivity contribution in [3.63, 3.8) is 0 Å². The third-order valence-corrected chi connectivity index (χ3v) is 23.0.